The van der Waals surface area contributed by atoms with Crippen molar-refractivity contribution in [3.05, 3.63) is 35.9 Å². The largest absolute Gasteiger partial charge is 0.494 e. The zero-order valence-corrected chi connectivity index (χ0v) is 15.9. The zero-order valence-electron chi connectivity index (χ0n) is 15.1. The fourth-order valence-corrected chi connectivity index (χ4v) is 2.92. The molecule has 0 saturated heterocycles. The highest BCUT2D eigenvalue weighted by molar-refractivity contribution is 6.20. The van der Waals surface area contributed by atoms with Crippen LogP contribution in [0.15, 0.2) is 30.3 Å². The average Bonchev–Trinajstić information content (AvgIpc) is 2.60. The van der Waals surface area contributed by atoms with Crippen LogP contribution in [0.1, 0.15) is 51.5 Å². The number of hydrogen-bond acceptors (Lipinski definition) is 2. The molecule has 0 aliphatic heterocycles. The normalized spacial score (nSPS) is 12.3. The number of hydrogen-bond donors (Lipinski definition) is 0. The second kappa shape index (κ2) is 9.78. The van der Waals surface area contributed by atoms with E-state index in [-0.39, 0.29) is 0 Å². The summed E-state index contributed by atoms with van der Waals surface area (Å²) < 4.78 is 11.7. The first-order chi connectivity index (χ1) is 11.7. The molecule has 0 heterocycles. The molecule has 2 aromatic carbocycles. The minimum Gasteiger partial charge on any atom is -0.494 e. The first-order valence-corrected chi connectivity index (χ1v) is 9.52. The van der Waals surface area contributed by atoms with Crippen LogP contribution in [-0.4, -0.2) is 18.6 Å². The molecule has 0 radical (unpaired) electrons. The van der Waals surface area contributed by atoms with Crippen molar-refractivity contribution in [2.24, 2.45) is 0 Å². The van der Waals surface area contributed by atoms with Crippen molar-refractivity contribution in [3.8, 4) is 11.5 Å². The second-order valence-corrected chi connectivity index (χ2v) is 6.89. The number of benzene rings is 2. The van der Waals surface area contributed by atoms with E-state index in [4.69, 9.17) is 21.1 Å². The van der Waals surface area contributed by atoms with Gasteiger partial charge in [-0.2, -0.15) is 0 Å². The molecule has 132 valence electrons. The Morgan fingerprint density at radius 1 is 1.00 bits per heavy atom. The molecule has 0 aliphatic rings. The predicted octanol–water partition coefficient (Wildman–Crippen LogP) is 6.50. The quantitative estimate of drug-likeness (QED) is 0.360. The molecule has 2 aromatic rings. The Kier molecular flexibility index (Phi) is 7.71. The van der Waals surface area contributed by atoms with Gasteiger partial charge in [0.25, 0.3) is 0 Å². The highest BCUT2D eigenvalue weighted by atomic mass is 35.5. The molecule has 24 heavy (non-hydrogen) atoms. The van der Waals surface area contributed by atoms with Crippen LogP contribution >= 0.6 is 11.6 Å². The van der Waals surface area contributed by atoms with Gasteiger partial charge in [-0.05, 0) is 73.6 Å². The molecule has 2 rings (SSSR count). The standard InChI is InChI=1S/C21H29ClO2/c1-4-13-24-21-12-9-17-15-19(10-11-20(17)16(21)3)23-14-7-6-8-18(22)5-2/h9-12,15,18H,4-8,13-14H2,1-3H3. The van der Waals surface area contributed by atoms with Gasteiger partial charge in [0.15, 0.2) is 0 Å². The molecule has 0 fully saturated rings. The molecule has 1 unspecified atom stereocenters. The molecular formula is C21H29ClO2. The Bertz CT molecular complexity index is 639. The van der Waals surface area contributed by atoms with Gasteiger partial charge in [0.05, 0.1) is 13.2 Å². The van der Waals surface area contributed by atoms with E-state index in [1.165, 1.54) is 16.3 Å². The van der Waals surface area contributed by atoms with Gasteiger partial charge in [-0.1, -0.05) is 26.0 Å². The third-order valence-corrected chi connectivity index (χ3v) is 4.82. The summed E-state index contributed by atoms with van der Waals surface area (Å²) in [6, 6.07) is 10.5. The lowest BCUT2D eigenvalue weighted by Gasteiger charge is -2.12. The molecule has 0 bridgehead atoms. The number of aryl methyl sites for hydroxylation is 1. The maximum atomic E-state index is 6.13. The lowest BCUT2D eigenvalue weighted by atomic mass is 10.0. The summed E-state index contributed by atoms with van der Waals surface area (Å²) in [6.07, 6.45) is 5.29. The second-order valence-electron chi connectivity index (χ2n) is 6.27. The van der Waals surface area contributed by atoms with Crippen molar-refractivity contribution >= 4 is 22.4 Å². The maximum absolute atomic E-state index is 6.13. The summed E-state index contributed by atoms with van der Waals surface area (Å²) in [5.74, 6) is 1.91. The third-order valence-electron chi connectivity index (χ3n) is 4.30. The van der Waals surface area contributed by atoms with Gasteiger partial charge in [0, 0.05) is 5.38 Å². The van der Waals surface area contributed by atoms with E-state index in [9.17, 15) is 0 Å². The SMILES string of the molecule is CCCOc1ccc2cc(OCCCCC(Cl)CC)ccc2c1C. The minimum absolute atomic E-state index is 0.303. The first kappa shape index (κ1) is 18.9. The van der Waals surface area contributed by atoms with Gasteiger partial charge in [-0.3, -0.25) is 0 Å². The van der Waals surface area contributed by atoms with Crippen molar-refractivity contribution < 1.29 is 9.47 Å². The summed E-state index contributed by atoms with van der Waals surface area (Å²) in [4.78, 5) is 0. The predicted molar refractivity (Wildman–Crippen MR) is 104 cm³/mol. The fraction of sp³-hybridized carbons (Fsp3) is 0.524. The van der Waals surface area contributed by atoms with Gasteiger partial charge < -0.3 is 9.47 Å². The van der Waals surface area contributed by atoms with Crippen molar-refractivity contribution in [1.82, 2.24) is 0 Å². The van der Waals surface area contributed by atoms with Crippen LogP contribution in [0.5, 0.6) is 11.5 Å². The molecule has 0 N–H and O–H groups in total. The van der Waals surface area contributed by atoms with E-state index in [1.54, 1.807) is 0 Å². The van der Waals surface area contributed by atoms with E-state index in [1.807, 2.05) is 0 Å². The molecule has 0 saturated carbocycles. The Balaban J connectivity index is 1.94. The summed E-state index contributed by atoms with van der Waals surface area (Å²) in [6.45, 7) is 7.87. The highest BCUT2D eigenvalue weighted by Gasteiger charge is 2.06. The van der Waals surface area contributed by atoms with Crippen molar-refractivity contribution in [1.29, 1.82) is 0 Å². The zero-order chi connectivity index (χ0) is 17.4. The van der Waals surface area contributed by atoms with Crippen LogP contribution < -0.4 is 9.47 Å². The lowest BCUT2D eigenvalue weighted by molar-refractivity contribution is 0.305. The molecule has 0 aliphatic carbocycles. The molecular weight excluding hydrogens is 320 g/mol. The summed E-state index contributed by atoms with van der Waals surface area (Å²) >= 11 is 6.13. The Labute approximate surface area is 151 Å². The van der Waals surface area contributed by atoms with E-state index < -0.39 is 0 Å². The molecule has 0 aromatic heterocycles. The molecule has 0 spiro atoms. The van der Waals surface area contributed by atoms with Gasteiger partial charge in [0.1, 0.15) is 11.5 Å². The first-order valence-electron chi connectivity index (χ1n) is 9.08. The maximum Gasteiger partial charge on any atom is 0.122 e. The average molecular weight is 349 g/mol. The van der Waals surface area contributed by atoms with Crippen LogP contribution in [0.3, 0.4) is 0 Å². The van der Waals surface area contributed by atoms with Crippen LogP contribution in [0.2, 0.25) is 0 Å². The third kappa shape index (κ3) is 5.31. The van der Waals surface area contributed by atoms with E-state index in [0.29, 0.717) is 5.38 Å². The number of fused-ring (bicyclic) bond motifs is 1. The smallest absolute Gasteiger partial charge is 0.122 e. The van der Waals surface area contributed by atoms with Crippen LogP contribution in [0.25, 0.3) is 10.8 Å². The number of unbranched alkanes of at least 4 members (excludes halogenated alkanes) is 1. The summed E-state index contributed by atoms with van der Waals surface area (Å²) in [5.41, 5.74) is 1.19. The summed E-state index contributed by atoms with van der Waals surface area (Å²) in [5, 5.41) is 2.72. The monoisotopic (exact) mass is 348 g/mol. The molecule has 2 nitrogen and oxygen atoms in total. The van der Waals surface area contributed by atoms with E-state index >= 15 is 0 Å². The van der Waals surface area contributed by atoms with Gasteiger partial charge in [-0.15, -0.1) is 11.6 Å². The number of halogens is 1. The van der Waals surface area contributed by atoms with Crippen LogP contribution in [-0.2, 0) is 0 Å². The van der Waals surface area contributed by atoms with Crippen molar-refractivity contribution in [2.75, 3.05) is 13.2 Å². The van der Waals surface area contributed by atoms with E-state index in [2.05, 4.69) is 51.1 Å². The number of alkyl halides is 1. The lowest BCUT2D eigenvalue weighted by Crippen LogP contribution is -2.01. The van der Waals surface area contributed by atoms with Crippen molar-refractivity contribution in [2.45, 2.75) is 58.3 Å². The Morgan fingerprint density at radius 2 is 1.83 bits per heavy atom. The summed E-state index contributed by atoms with van der Waals surface area (Å²) in [7, 11) is 0. The number of rotatable bonds is 10. The minimum atomic E-state index is 0.303. The van der Waals surface area contributed by atoms with Crippen LogP contribution in [0.4, 0.5) is 0 Å². The molecule has 3 heteroatoms. The molecule has 0 amide bonds. The van der Waals surface area contributed by atoms with Crippen molar-refractivity contribution in [3.63, 3.8) is 0 Å². The molecule has 1 atom stereocenters. The Morgan fingerprint density at radius 3 is 2.58 bits per heavy atom. The van der Waals surface area contributed by atoms with Gasteiger partial charge >= 0.3 is 0 Å². The number of ether oxygens (including phenoxy) is 2. The van der Waals surface area contributed by atoms with Crippen LogP contribution in [0, 0.1) is 6.92 Å². The topological polar surface area (TPSA) is 18.5 Å². The van der Waals surface area contributed by atoms with E-state index in [0.717, 1.165) is 56.8 Å². The Hall–Kier alpha value is -1.41. The van der Waals surface area contributed by atoms with Gasteiger partial charge in [-0.25, -0.2) is 0 Å². The van der Waals surface area contributed by atoms with Gasteiger partial charge in [0.2, 0.25) is 0 Å². The fourth-order valence-electron chi connectivity index (χ4n) is 2.76. The highest BCUT2D eigenvalue weighted by Crippen LogP contribution is 2.30.